The highest BCUT2D eigenvalue weighted by Gasteiger charge is 2.26. The average molecular weight is 755 g/mol. The number of hydrogen-bond acceptors (Lipinski definition) is 6. The Hall–Kier alpha value is -1.54. The fourth-order valence-corrected chi connectivity index (χ4v) is 6.13. The topological polar surface area (TPSA) is 91.3 Å². The maximum absolute atomic E-state index is 12.7. The second-order valence-electron chi connectivity index (χ2n) is 15.0. The van der Waals surface area contributed by atoms with E-state index in [-0.39, 0.29) is 25.8 Å². The number of esters is 1. The van der Waals surface area contributed by atoms with Gasteiger partial charge in [0.2, 0.25) is 0 Å². The van der Waals surface area contributed by atoms with Crippen LogP contribution in [0.3, 0.4) is 0 Å². The van der Waals surface area contributed by atoms with Crippen molar-refractivity contribution in [3.63, 3.8) is 0 Å². The van der Waals surface area contributed by atoms with Gasteiger partial charge in [-0.05, 0) is 70.6 Å². The third kappa shape index (κ3) is 39.7. The highest BCUT2D eigenvalue weighted by Crippen LogP contribution is 2.43. The van der Waals surface area contributed by atoms with Crippen molar-refractivity contribution in [2.45, 2.75) is 168 Å². The molecule has 0 aromatic carbocycles. The maximum Gasteiger partial charge on any atom is 0.472 e. The largest absolute Gasteiger partial charge is 0.472 e. The van der Waals surface area contributed by atoms with Crippen LogP contribution in [0.2, 0.25) is 0 Å². The quantitative estimate of drug-likeness (QED) is 0.0221. The Morgan fingerprint density at radius 2 is 1.12 bits per heavy atom. The monoisotopic (exact) mass is 755 g/mol. The Balaban J connectivity index is 4.30. The van der Waals surface area contributed by atoms with E-state index in [2.05, 4.69) is 62.5 Å². The molecule has 0 rings (SSSR count). The number of nitrogens with zero attached hydrogens (tertiary/aromatic N) is 1. The van der Waals surface area contributed by atoms with Crippen molar-refractivity contribution in [1.29, 1.82) is 0 Å². The van der Waals surface area contributed by atoms with Crippen molar-refractivity contribution >= 4 is 13.8 Å². The molecule has 0 aliphatic heterocycles. The zero-order valence-corrected chi connectivity index (χ0v) is 35.2. The molecule has 0 saturated carbocycles. The fourth-order valence-electron chi connectivity index (χ4n) is 5.38. The molecule has 0 heterocycles. The first kappa shape index (κ1) is 50.5. The van der Waals surface area contributed by atoms with Crippen LogP contribution in [-0.4, -0.2) is 75.6 Å². The normalized spacial score (nSPS) is 14.3. The summed E-state index contributed by atoms with van der Waals surface area (Å²) in [5, 5.41) is 0. The van der Waals surface area contributed by atoms with Gasteiger partial charge < -0.3 is 18.9 Å². The predicted molar refractivity (Wildman–Crippen MR) is 219 cm³/mol. The molecule has 1 N–H and O–H groups in total. The van der Waals surface area contributed by atoms with Gasteiger partial charge in [-0.3, -0.25) is 13.8 Å². The minimum absolute atomic E-state index is 0.0827. The van der Waals surface area contributed by atoms with Crippen molar-refractivity contribution in [2.24, 2.45) is 0 Å². The van der Waals surface area contributed by atoms with Crippen LogP contribution in [0.15, 0.2) is 48.6 Å². The molecule has 0 aliphatic rings. The molecule has 0 spiro atoms. The highest BCUT2D eigenvalue weighted by atomic mass is 31.2. The van der Waals surface area contributed by atoms with E-state index in [9.17, 15) is 14.3 Å². The predicted octanol–water partition coefficient (Wildman–Crippen LogP) is 12.0. The maximum atomic E-state index is 12.7. The molecule has 8 nitrogen and oxygen atoms in total. The van der Waals surface area contributed by atoms with Gasteiger partial charge in [0, 0.05) is 13.0 Å². The van der Waals surface area contributed by atoms with Gasteiger partial charge in [0.05, 0.1) is 34.4 Å². The zero-order chi connectivity index (χ0) is 38.4. The van der Waals surface area contributed by atoms with E-state index in [1.807, 2.05) is 21.1 Å². The van der Waals surface area contributed by atoms with Gasteiger partial charge >= 0.3 is 13.8 Å². The van der Waals surface area contributed by atoms with E-state index in [1.54, 1.807) is 0 Å². The summed E-state index contributed by atoms with van der Waals surface area (Å²) in [4.78, 5) is 22.8. The van der Waals surface area contributed by atoms with E-state index in [1.165, 1.54) is 64.2 Å². The number of carbonyl (C=O) groups is 1. The number of quaternary nitrogens is 1. The molecule has 0 aromatic rings. The van der Waals surface area contributed by atoms with Crippen molar-refractivity contribution in [1.82, 2.24) is 0 Å². The van der Waals surface area contributed by atoms with Gasteiger partial charge in [-0.2, -0.15) is 0 Å². The van der Waals surface area contributed by atoms with Crippen LogP contribution in [0, 0.1) is 0 Å². The van der Waals surface area contributed by atoms with Crippen LogP contribution in [0.25, 0.3) is 0 Å². The standard InChI is InChI=1S/C43H80NO7P/c1-6-8-10-12-14-16-18-20-22-23-25-27-29-31-33-35-38-48-40-42(41-50-52(46,47)49-39-37-44(3,4)5)51-43(45)36-34-32-30-28-26-24-21-19-17-15-13-11-9-7-2/h8,10,14,16,19-22,42H,6-7,9,11-13,15,17-18,23-41H2,1-5H3/p+1/b10-8-,16-14-,21-19-,22-20-. The van der Waals surface area contributed by atoms with E-state index >= 15 is 0 Å². The molecule has 2 unspecified atom stereocenters. The molecule has 9 heteroatoms. The molecular formula is C43H81NO7P+. The van der Waals surface area contributed by atoms with Gasteiger partial charge in [0.15, 0.2) is 0 Å². The second-order valence-corrected chi connectivity index (χ2v) is 16.4. The van der Waals surface area contributed by atoms with Crippen molar-refractivity contribution in [2.75, 3.05) is 54.1 Å². The fraction of sp³-hybridized carbons (Fsp3) is 0.791. The summed E-state index contributed by atoms with van der Waals surface area (Å²) in [7, 11) is 1.65. The average Bonchev–Trinajstić information content (AvgIpc) is 3.09. The molecule has 0 radical (unpaired) electrons. The summed E-state index contributed by atoms with van der Waals surface area (Å²) in [6.45, 7) is 5.45. The number of hydrogen-bond donors (Lipinski definition) is 1. The Bertz CT molecular complexity index is 973. The lowest BCUT2D eigenvalue weighted by molar-refractivity contribution is -0.870. The highest BCUT2D eigenvalue weighted by molar-refractivity contribution is 7.47. The number of phosphoric ester groups is 1. The molecule has 52 heavy (non-hydrogen) atoms. The number of allylic oxidation sites excluding steroid dienone is 8. The summed E-state index contributed by atoms with van der Waals surface area (Å²) in [6.07, 6.45) is 42.8. The second kappa shape index (κ2) is 36.4. The van der Waals surface area contributed by atoms with Crippen LogP contribution < -0.4 is 0 Å². The van der Waals surface area contributed by atoms with Gasteiger partial charge in [0.25, 0.3) is 0 Å². The Labute approximate surface area is 320 Å². The molecule has 0 aromatic heterocycles. The minimum Gasteiger partial charge on any atom is -0.457 e. The van der Waals surface area contributed by atoms with Crippen LogP contribution in [0.5, 0.6) is 0 Å². The summed E-state index contributed by atoms with van der Waals surface area (Å²) < 4.78 is 34.9. The Kier molecular flexibility index (Phi) is 35.4. The molecule has 0 aliphatic carbocycles. The van der Waals surface area contributed by atoms with Crippen molar-refractivity contribution in [3.05, 3.63) is 48.6 Å². The smallest absolute Gasteiger partial charge is 0.457 e. The molecule has 304 valence electrons. The number of likely N-dealkylation sites (N-methyl/N-ethyl adjacent to an activating group) is 1. The third-order valence-electron chi connectivity index (χ3n) is 8.62. The van der Waals surface area contributed by atoms with E-state index in [0.29, 0.717) is 24.1 Å². The molecule has 0 fully saturated rings. The molecule has 0 saturated heterocycles. The van der Waals surface area contributed by atoms with Gasteiger partial charge in [-0.15, -0.1) is 0 Å². The van der Waals surface area contributed by atoms with Crippen molar-refractivity contribution in [3.8, 4) is 0 Å². The Morgan fingerprint density at radius 1 is 0.615 bits per heavy atom. The summed E-state index contributed by atoms with van der Waals surface area (Å²) in [6, 6.07) is 0. The number of phosphoric acid groups is 1. The molecule has 0 bridgehead atoms. The third-order valence-corrected chi connectivity index (χ3v) is 9.61. The first-order valence-electron chi connectivity index (χ1n) is 20.9. The van der Waals surface area contributed by atoms with Crippen LogP contribution in [-0.2, 0) is 27.9 Å². The Morgan fingerprint density at radius 3 is 1.69 bits per heavy atom. The molecule has 0 amide bonds. The first-order valence-corrected chi connectivity index (χ1v) is 22.4. The number of unbranched alkanes of at least 4 members (excludes halogenated alkanes) is 16. The lowest BCUT2D eigenvalue weighted by Crippen LogP contribution is -2.37. The van der Waals surface area contributed by atoms with Gasteiger partial charge in [-0.25, -0.2) is 4.57 Å². The van der Waals surface area contributed by atoms with Gasteiger partial charge in [-0.1, -0.05) is 133 Å². The summed E-state index contributed by atoms with van der Waals surface area (Å²) >= 11 is 0. The summed E-state index contributed by atoms with van der Waals surface area (Å²) in [5.74, 6) is -0.330. The SMILES string of the molecule is CC/C=C\C/C=C\C/C=C\CCCCCCCCOCC(COP(=O)(O)OCC[N+](C)(C)C)OC(=O)CCCCCCC/C=C\CCCCCCC. The van der Waals surface area contributed by atoms with Gasteiger partial charge in [0.1, 0.15) is 19.3 Å². The van der Waals surface area contributed by atoms with Crippen molar-refractivity contribution < 1.29 is 37.3 Å². The molecule has 2 atom stereocenters. The number of rotatable bonds is 38. The van der Waals surface area contributed by atoms with Crippen LogP contribution >= 0.6 is 7.82 Å². The number of ether oxygens (including phenoxy) is 2. The number of carbonyl (C=O) groups excluding carboxylic acids is 1. The summed E-state index contributed by atoms with van der Waals surface area (Å²) in [5.41, 5.74) is 0. The molecular weight excluding hydrogens is 673 g/mol. The minimum atomic E-state index is -4.28. The van der Waals surface area contributed by atoms with Crippen LogP contribution in [0.4, 0.5) is 0 Å². The first-order chi connectivity index (χ1) is 25.1. The van der Waals surface area contributed by atoms with Crippen LogP contribution in [0.1, 0.15) is 162 Å². The van der Waals surface area contributed by atoms with E-state index in [0.717, 1.165) is 77.0 Å². The lowest BCUT2D eigenvalue weighted by Gasteiger charge is -2.24. The zero-order valence-electron chi connectivity index (χ0n) is 34.3. The van der Waals surface area contributed by atoms with E-state index < -0.39 is 13.9 Å². The lowest BCUT2D eigenvalue weighted by atomic mass is 10.1. The van der Waals surface area contributed by atoms with E-state index in [4.69, 9.17) is 18.5 Å².